The second-order valence-corrected chi connectivity index (χ2v) is 3.49. The predicted molar refractivity (Wildman–Crippen MR) is 38.7 cm³/mol. The fourth-order valence-corrected chi connectivity index (χ4v) is 1.30. The van der Waals surface area contributed by atoms with Crippen LogP contribution in [0.25, 0.3) is 0 Å². The van der Waals surface area contributed by atoms with Crippen LogP contribution in [0, 0.1) is 0 Å². The molecule has 0 spiro atoms. The van der Waals surface area contributed by atoms with Crippen molar-refractivity contribution < 1.29 is 0 Å². The summed E-state index contributed by atoms with van der Waals surface area (Å²) in [5.41, 5.74) is 0. The predicted octanol–water partition coefficient (Wildman–Crippen LogP) is 1.91. The summed E-state index contributed by atoms with van der Waals surface area (Å²) in [5.74, 6) is 0. The Bertz CT molecular complexity index is 37.1. The summed E-state index contributed by atoms with van der Waals surface area (Å²) < 4.78 is 0. The zero-order chi connectivity index (χ0) is 5.70. The quantitative estimate of drug-likeness (QED) is 0.489. The Morgan fingerprint density at radius 2 is 2.00 bits per heavy atom. The highest BCUT2D eigenvalue weighted by molar-refractivity contribution is 6.57. The van der Waals surface area contributed by atoms with Gasteiger partial charge in [-0.1, -0.05) is 32.6 Å². The zero-order valence-corrected chi connectivity index (χ0v) is 6.49. The molecule has 2 heteroatoms. The van der Waals surface area contributed by atoms with Crippen molar-refractivity contribution in [2.45, 2.75) is 32.6 Å². The molecular formula is C5H13BSi. The van der Waals surface area contributed by atoms with Crippen molar-refractivity contribution >= 4 is 16.2 Å². The maximum absolute atomic E-state index is 2.28. The Hall–Kier alpha value is 0.282. The minimum absolute atomic E-state index is 0.910. The fraction of sp³-hybridized carbons (Fsp3) is 1.00. The van der Waals surface area contributed by atoms with E-state index >= 15 is 0 Å². The summed E-state index contributed by atoms with van der Waals surface area (Å²) in [4.78, 5) is 0. The van der Waals surface area contributed by atoms with E-state index in [1.54, 1.807) is 0 Å². The van der Waals surface area contributed by atoms with Crippen LogP contribution in [0.5, 0.6) is 0 Å². The first-order chi connectivity index (χ1) is 3.27. The van der Waals surface area contributed by atoms with Gasteiger partial charge in [0.25, 0.3) is 0 Å². The normalized spacial score (nSPS) is 9.00. The van der Waals surface area contributed by atoms with Gasteiger partial charge < -0.3 is 0 Å². The molecule has 0 nitrogen and oxygen atoms in total. The fourth-order valence-electron chi connectivity index (χ4n) is 0.433. The molecule has 0 aliphatic heterocycles. The van der Waals surface area contributed by atoms with Crippen molar-refractivity contribution in [3.05, 3.63) is 0 Å². The van der Waals surface area contributed by atoms with E-state index in [0.29, 0.717) is 0 Å². The van der Waals surface area contributed by atoms with Gasteiger partial charge in [0, 0.05) is 9.52 Å². The van der Waals surface area contributed by atoms with E-state index in [2.05, 4.69) is 20.2 Å². The summed E-state index contributed by atoms with van der Waals surface area (Å²) in [6, 6.07) is 1.43. The molecule has 0 aliphatic rings. The standard InChI is InChI=1S/C5H13BSi/c1-6(2)4-5-7-3/h4-5H2,1-3H3. The molecule has 0 bridgehead atoms. The summed E-state index contributed by atoms with van der Waals surface area (Å²) >= 11 is 0. The van der Waals surface area contributed by atoms with Crippen LogP contribution in [-0.2, 0) is 0 Å². The van der Waals surface area contributed by atoms with Crippen LogP contribution in [0.15, 0.2) is 0 Å². The third-order valence-electron chi connectivity index (χ3n) is 0.972. The summed E-state index contributed by atoms with van der Waals surface area (Å²) in [7, 11) is 1.15. The van der Waals surface area contributed by atoms with Crippen molar-refractivity contribution in [2.24, 2.45) is 0 Å². The highest BCUT2D eigenvalue weighted by Gasteiger charge is 1.94. The van der Waals surface area contributed by atoms with E-state index in [9.17, 15) is 0 Å². The van der Waals surface area contributed by atoms with Crippen LogP contribution in [0.3, 0.4) is 0 Å². The molecule has 0 saturated carbocycles. The van der Waals surface area contributed by atoms with Gasteiger partial charge in [-0.15, -0.1) is 0 Å². The molecule has 7 heavy (non-hydrogen) atoms. The number of hydrogen-bond acceptors (Lipinski definition) is 0. The molecule has 40 valence electrons. The zero-order valence-electron chi connectivity index (χ0n) is 5.49. The van der Waals surface area contributed by atoms with Crippen LogP contribution in [0.1, 0.15) is 0 Å². The highest BCUT2D eigenvalue weighted by atomic mass is 28.2. The molecule has 0 atom stereocenters. The molecule has 2 radical (unpaired) electrons. The van der Waals surface area contributed by atoms with Gasteiger partial charge in [-0.2, -0.15) is 0 Å². The van der Waals surface area contributed by atoms with E-state index in [4.69, 9.17) is 0 Å². The van der Waals surface area contributed by atoms with Crippen molar-refractivity contribution in [3.8, 4) is 0 Å². The highest BCUT2D eigenvalue weighted by Crippen LogP contribution is 1.94. The van der Waals surface area contributed by atoms with Crippen LogP contribution in [-0.4, -0.2) is 16.2 Å². The number of rotatable bonds is 3. The lowest BCUT2D eigenvalue weighted by atomic mass is 9.53. The molecule has 0 N–H and O–H groups in total. The first-order valence-electron chi connectivity index (χ1n) is 2.92. The Labute approximate surface area is 49.6 Å². The molecule has 0 amide bonds. The van der Waals surface area contributed by atoms with Gasteiger partial charge in [0.15, 0.2) is 0 Å². The van der Waals surface area contributed by atoms with Gasteiger partial charge in [-0.05, 0) is 0 Å². The molecule has 0 aromatic heterocycles. The summed E-state index contributed by atoms with van der Waals surface area (Å²) in [6.07, 6.45) is 1.41. The Morgan fingerprint density at radius 1 is 1.43 bits per heavy atom. The lowest BCUT2D eigenvalue weighted by Crippen LogP contribution is -1.98. The lowest BCUT2D eigenvalue weighted by molar-refractivity contribution is 1.38. The molecule has 0 fully saturated rings. The van der Waals surface area contributed by atoms with E-state index < -0.39 is 0 Å². The summed E-state index contributed by atoms with van der Waals surface area (Å²) in [6.45, 7) is 7.73. The minimum Gasteiger partial charge on any atom is -0.0863 e. The molecule has 0 unspecified atom stereocenters. The summed E-state index contributed by atoms with van der Waals surface area (Å²) in [5, 5.41) is 0. The second-order valence-electron chi connectivity index (χ2n) is 2.29. The third kappa shape index (κ3) is 6.28. The third-order valence-corrected chi connectivity index (χ3v) is 1.76. The van der Waals surface area contributed by atoms with E-state index in [0.717, 1.165) is 16.2 Å². The second kappa shape index (κ2) is 4.44. The van der Waals surface area contributed by atoms with Gasteiger partial charge in [0.1, 0.15) is 6.71 Å². The monoisotopic (exact) mass is 112 g/mol. The average Bonchev–Trinajstić information content (AvgIpc) is 1.61. The Kier molecular flexibility index (Phi) is 4.62. The van der Waals surface area contributed by atoms with Gasteiger partial charge in [-0.25, -0.2) is 0 Å². The molecular weight excluding hydrogens is 99.0 g/mol. The van der Waals surface area contributed by atoms with Crippen molar-refractivity contribution in [2.75, 3.05) is 0 Å². The largest absolute Gasteiger partial charge is 0.133 e. The lowest BCUT2D eigenvalue weighted by Gasteiger charge is -1.94. The van der Waals surface area contributed by atoms with Gasteiger partial charge >= 0.3 is 0 Å². The smallest absolute Gasteiger partial charge is 0.0863 e. The van der Waals surface area contributed by atoms with Crippen LogP contribution in [0.4, 0.5) is 0 Å². The van der Waals surface area contributed by atoms with E-state index in [1.165, 1.54) is 12.4 Å². The van der Waals surface area contributed by atoms with Gasteiger partial charge in [0.05, 0.1) is 0 Å². The average molecular weight is 112 g/mol. The van der Waals surface area contributed by atoms with Crippen LogP contribution in [0.2, 0.25) is 32.6 Å². The van der Waals surface area contributed by atoms with Crippen molar-refractivity contribution in [3.63, 3.8) is 0 Å². The maximum atomic E-state index is 2.28. The molecule has 0 aromatic carbocycles. The van der Waals surface area contributed by atoms with Crippen LogP contribution < -0.4 is 0 Å². The molecule has 0 heterocycles. The number of hydrogen-bond donors (Lipinski definition) is 0. The van der Waals surface area contributed by atoms with Gasteiger partial charge in [-0.3, -0.25) is 0 Å². The van der Waals surface area contributed by atoms with E-state index in [-0.39, 0.29) is 0 Å². The van der Waals surface area contributed by atoms with Crippen molar-refractivity contribution in [1.29, 1.82) is 0 Å². The molecule has 0 saturated heterocycles. The Morgan fingerprint density at radius 3 is 2.14 bits per heavy atom. The first-order valence-corrected chi connectivity index (χ1v) is 4.62. The first kappa shape index (κ1) is 7.28. The van der Waals surface area contributed by atoms with Crippen molar-refractivity contribution in [1.82, 2.24) is 0 Å². The van der Waals surface area contributed by atoms with Crippen LogP contribution >= 0.6 is 0 Å². The molecule has 0 rings (SSSR count). The minimum atomic E-state index is 0.910. The van der Waals surface area contributed by atoms with Gasteiger partial charge in [0.2, 0.25) is 0 Å². The van der Waals surface area contributed by atoms with E-state index in [1.807, 2.05) is 0 Å². The SMILES string of the molecule is C[Si]CCB(C)C. The molecule has 0 aromatic rings. The maximum Gasteiger partial charge on any atom is 0.133 e. The molecule has 0 aliphatic carbocycles. The Balaban J connectivity index is 2.68. The topological polar surface area (TPSA) is 0 Å².